The first-order valence-electron chi connectivity index (χ1n) is 9.18. The van der Waals surface area contributed by atoms with E-state index in [9.17, 15) is 9.18 Å². The first-order valence-corrected chi connectivity index (χ1v) is 9.18. The fraction of sp³-hybridized carbons (Fsp3) is 0.500. The van der Waals surface area contributed by atoms with Crippen LogP contribution in [0.15, 0.2) is 28.8 Å². The molecule has 140 valence electrons. The molecule has 0 spiro atoms. The van der Waals surface area contributed by atoms with Gasteiger partial charge in [-0.1, -0.05) is 24.9 Å². The number of aromatic nitrogens is 1. The highest BCUT2D eigenvalue weighted by molar-refractivity contribution is 6.00. The molecular formula is C20H25FN2O3. The Kier molecular flexibility index (Phi) is 6.04. The van der Waals surface area contributed by atoms with Crippen molar-refractivity contribution in [1.29, 1.82) is 0 Å². The highest BCUT2D eigenvalue weighted by Gasteiger charge is 2.23. The van der Waals surface area contributed by atoms with Gasteiger partial charge in [0.1, 0.15) is 22.8 Å². The molecule has 1 fully saturated rings. The van der Waals surface area contributed by atoms with Crippen LogP contribution in [0.25, 0.3) is 11.3 Å². The van der Waals surface area contributed by atoms with E-state index in [1.54, 1.807) is 19.1 Å². The lowest BCUT2D eigenvalue weighted by Gasteiger charge is -2.28. The third kappa shape index (κ3) is 4.30. The Morgan fingerprint density at radius 2 is 2.04 bits per heavy atom. The Hall–Kier alpha value is -2.21. The second kappa shape index (κ2) is 8.45. The predicted molar refractivity (Wildman–Crippen MR) is 96.3 cm³/mol. The lowest BCUT2D eigenvalue weighted by Crippen LogP contribution is -2.32. The van der Waals surface area contributed by atoms with Crippen molar-refractivity contribution in [2.75, 3.05) is 13.2 Å². The van der Waals surface area contributed by atoms with Crippen molar-refractivity contribution in [2.45, 2.75) is 45.6 Å². The van der Waals surface area contributed by atoms with Gasteiger partial charge in [0.2, 0.25) is 0 Å². The van der Waals surface area contributed by atoms with Crippen LogP contribution in [0.2, 0.25) is 0 Å². The topological polar surface area (TPSA) is 64.4 Å². The number of benzene rings is 1. The van der Waals surface area contributed by atoms with Crippen LogP contribution >= 0.6 is 0 Å². The van der Waals surface area contributed by atoms with Crippen molar-refractivity contribution in [1.82, 2.24) is 10.5 Å². The number of nitrogens with zero attached hydrogens (tertiary/aromatic N) is 1. The molecule has 1 aromatic carbocycles. The number of aryl methyl sites for hydroxylation is 1. The summed E-state index contributed by atoms with van der Waals surface area (Å²) in [5, 5.41) is 6.82. The first-order chi connectivity index (χ1) is 12.6. The minimum absolute atomic E-state index is 0.261. The van der Waals surface area contributed by atoms with Crippen LogP contribution in [0.1, 0.15) is 48.7 Å². The van der Waals surface area contributed by atoms with Gasteiger partial charge in [0.25, 0.3) is 5.91 Å². The molecule has 2 aromatic rings. The van der Waals surface area contributed by atoms with Crippen molar-refractivity contribution in [3.8, 4) is 11.3 Å². The number of halogens is 1. The van der Waals surface area contributed by atoms with E-state index in [1.807, 2.05) is 0 Å². The number of hydrogen-bond donors (Lipinski definition) is 1. The smallest absolute Gasteiger partial charge is 0.257 e. The standard InChI is InChI=1S/C20H25FN2O3/c1-13-5-3-4-6-17(13)25-12-11-22-20(24)18-14(2)26-23-19(18)15-7-9-16(21)10-8-15/h7-10,13,17H,3-6,11-12H2,1-2H3,(H,22,24). The number of carbonyl (C=O) groups excluding carboxylic acids is 1. The molecule has 0 saturated heterocycles. The summed E-state index contributed by atoms with van der Waals surface area (Å²) < 4.78 is 24.2. The molecule has 1 N–H and O–H groups in total. The second-order valence-electron chi connectivity index (χ2n) is 6.90. The quantitative estimate of drug-likeness (QED) is 0.787. The number of nitrogens with one attached hydrogen (secondary N) is 1. The Bertz CT molecular complexity index is 742. The number of rotatable bonds is 6. The van der Waals surface area contributed by atoms with Crippen molar-refractivity contribution in [2.24, 2.45) is 5.92 Å². The Labute approximate surface area is 152 Å². The minimum Gasteiger partial charge on any atom is -0.376 e. The molecule has 1 aromatic heterocycles. The van der Waals surface area contributed by atoms with E-state index in [2.05, 4.69) is 17.4 Å². The van der Waals surface area contributed by atoms with Crippen molar-refractivity contribution < 1.29 is 18.4 Å². The lowest BCUT2D eigenvalue weighted by molar-refractivity contribution is -0.00294. The van der Waals surface area contributed by atoms with E-state index in [4.69, 9.17) is 9.26 Å². The van der Waals surface area contributed by atoms with E-state index in [0.717, 1.165) is 6.42 Å². The van der Waals surface area contributed by atoms with Gasteiger partial charge in [0, 0.05) is 12.1 Å². The first kappa shape index (κ1) is 18.6. The van der Waals surface area contributed by atoms with Crippen LogP contribution in [-0.2, 0) is 4.74 Å². The van der Waals surface area contributed by atoms with Crippen LogP contribution < -0.4 is 5.32 Å². The largest absolute Gasteiger partial charge is 0.376 e. The van der Waals surface area contributed by atoms with Gasteiger partial charge in [-0.05, 0) is 49.9 Å². The zero-order chi connectivity index (χ0) is 18.5. The molecule has 2 atom stereocenters. The maximum Gasteiger partial charge on any atom is 0.257 e. The highest BCUT2D eigenvalue weighted by atomic mass is 19.1. The lowest BCUT2D eigenvalue weighted by atomic mass is 9.88. The molecule has 1 saturated carbocycles. The van der Waals surface area contributed by atoms with E-state index in [1.165, 1.54) is 31.4 Å². The molecule has 0 bridgehead atoms. The third-order valence-corrected chi connectivity index (χ3v) is 4.96. The zero-order valence-electron chi connectivity index (χ0n) is 15.3. The summed E-state index contributed by atoms with van der Waals surface area (Å²) in [6.45, 7) is 4.82. The molecule has 1 amide bonds. The van der Waals surface area contributed by atoms with Crippen LogP contribution in [-0.4, -0.2) is 30.3 Å². The van der Waals surface area contributed by atoms with Gasteiger partial charge >= 0.3 is 0 Å². The summed E-state index contributed by atoms with van der Waals surface area (Å²) >= 11 is 0. The van der Waals surface area contributed by atoms with Crippen LogP contribution in [0.3, 0.4) is 0 Å². The number of hydrogen-bond acceptors (Lipinski definition) is 4. The summed E-state index contributed by atoms with van der Waals surface area (Å²) in [6, 6.07) is 5.83. The van der Waals surface area contributed by atoms with Gasteiger partial charge in [-0.15, -0.1) is 0 Å². The van der Waals surface area contributed by atoms with Gasteiger partial charge in [0.05, 0.1) is 12.7 Å². The SMILES string of the molecule is Cc1onc(-c2ccc(F)cc2)c1C(=O)NCCOC1CCCCC1C. The number of carbonyl (C=O) groups is 1. The van der Waals surface area contributed by atoms with Crippen LogP contribution in [0.4, 0.5) is 4.39 Å². The summed E-state index contributed by atoms with van der Waals surface area (Å²) in [7, 11) is 0. The van der Waals surface area contributed by atoms with Crippen molar-refractivity contribution in [3.05, 3.63) is 41.4 Å². The molecule has 26 heavy (non-hydrogen) atoms. The monoisotopic (exact) mass is 360 g/mol. The second-order valence-corrected chi connectivity index (χ2v) is 6.90. The van der Waals surface area contributed by atoms with Crippen LogP contribution in [0, 0.1) is 18.7 Å². The summed E-state index contributed by atoms with van der Waals surface area (Å²) in [6.07, 6.45) is 5.07. The average Bonchev–Trinajstić information content (AvgIpc) is 3.02. The maximum absolute atomic E-state index is 13.1. The fourth-order valence-electron chi connectivity index (χ4n) is 3.44. The minimum atomic E-state index is -0.339. The van der Waals surface area contributed by atoms with Gasteiger partial charge in [0.15, 0.2) is 0 Å². The summed E-state index contributed by atoms with van der Waals surface area (Å²) in [5.41, 5.74) is 1.44. The summed E-state index contributed by atoms with van der Waals surface area (Å²) in [5.74, 6) is 0.408. The predicted octanol–water partition coefficient (Wildman–Crippen LogP) is 4.11. The fourth-order valence-corrected chi connectivity index (χ4v) is 3.44. The maximum atomic E-state index is 13.1. The van der Waals surface area contributed by atoms with E-state index >= 15 is 0 Å². The van der Waals surface area contributed by atoms with Crippen molar-refractivity contribution in [3.63, 3.8) is 0 Å². The molecule has 1 heterocycles. The molecule has 1 aliphatic carbocycles. The normalized spacial score (nSPS) is 20.1. The van der Waals surface area contributed by atoms with Gasteiger partial charge in [-0.25, -0.2) is 4.39 Å². The average molecular weight is 360 g/mol. The molecule has 0 aliphatic heterocycles. The van der Waals surface area contributed by atoms with E-state index < -0.39 is 0 Å². The Balaban J connectivity index is 1.58. The highest BCUT2D eigenvalue weighted by Crippen LogP contribution is 2.27. The molecule has 2 unspecified atom stereocenters. The van der Waals surface area contributed by atoms with Crippen molar-refractivity contribution >= 4 is 5.91 Å². The molecule has 1 aliphatic rings. The Morgan fingerprint density at radius 1 is 1.31 bits per heavy atom. The van der Waals surface area contributed by atoms with E-state index in [-0.39, 0.29) is 17.8 Å². The van der Waals surface area contributed by atoms with Gasteiger partial charge < -0.3 is 14.6 Å². The third-order valence-electron chi connectivity index (χ3n) is 4.96. The zero-order valence-corrected chi connectivity index (χ0v) is 15.3. The molecular weight excluding hydrogens is 335 g/mol. The number of amides is 1. The van der Waals surface area contributed by atoms with E-state index in [0.29, 0.717) is 41.7 Å². The molecule has 5 nitrogen and oxygen atoms in total. The molecule has 3 rings (SSSR count). The summed E-state index contributed by atoms with van der Waals surface area (Å²) in [4.78, 5) is 12.6. The molecule has 0 radical (unpaired) electrons. The Morgan fingerprint density at radius 3 is 2.77 bits per heavy atom. The van der Waals surface area contributed by atoms with Gasteiger partial charge in [-0.3, -0.25) is 4.79 Å². The van der Waals surface area contributed by atoms with Gasteiger partial charge in [-0.2, -0.15) is 0 Å². The number of ether oxygens (including phenoxy) is 1. The molecule has 6 heteroatoms. The van der Waals surface area contributed by atoms with Crippen LogP contribution in [0.5, 0.6) is 0 Å².